The van der Waals surface area contributed by atoms with Crippen LogP contribution < -0.4 is 0 Å². The number of fused-ring (bicyclic) bond motifs is 1. The highest BCUT2D eigenvalue weighted by Gasteiger charge is 2.41. The third kappa shape index (κ3) is 1.36. The van der Waals surface area contributed by atoms with Gasteiger partial charge >= 0.3 is 0 Å². The van der Waals surface area contributed by atoms with Gasteiger partial charge in [-0.25, -0.2) is 0 Å². The second kappa shape index (κ2) is 3.09. The maximum Gasteiger partial charge on any atom is 0.0701 e. The minimum atomic E-state index is 0.311. The van der Waals surface area contributed by atoms with E-state index in [2.05, 4.69) is 42.3 Å². The zero-order valence-corrected chi connectivity index (χ0v) is 9.11. The molecule has 15 heavy (non-hydrogen) atoms. The predicted octanol–water partition coefficient (Wildman–Crippen LogP) is 2.65. The molecule has 2 heterocycles. The Hall–Kier alpha value is -1.31. The number of benzene rings is 1. The van der Waals surface area contributed by atoms with Crippen LogP contribution in [0.1, 0.15) is 31.7 Å². The van der Waals surface area contributed by atoms with Crippen LogP contribution in [0.15, 0.2) is 35.4 Å². The largest absolute Gasteiger partial charge is 0.291 e. The van der Waals surface area contributed by atoms with Gasteiger partial charge in [-0.15, -0.1) is 0 Å². The molecule has 2 nitrogen and oxygen atoms in total. The molecule has 0 spiro atoms. The average Bonchev–Trinajstić information content (AvgIpc) is 2.74. The maximum absolute atomic E-state index is 4.74. The lowest BCUT2D eigenvalue weighted by atomic mass is 9.92. The summed E-state index contributed by atoms with van der Waals surface area (Å²) < 4.78 is 0. The van der Waals surface area contributed by atoms with Gasteiger partial charge in [0, 0.05) is 13.0 Å². The number of rotatable bonds is 1. The van der Waals surface area contributed by atoms with Crippen molar-refractivity contribution in [2.45, 2.75) is 31.7 Å². The fourth-order valence-electron chi connectivity index (χ4n) is 2.69. The normalized spacial score (nSPS) is 29.1. The second-order valence-electron chi connectivity index (χ2n) is 4.81. The van der Waals surface area contributed by atoms with Crippen LogP contribution in [0.2, 0.25) is 0 Å². The van der Waals surface area contributed by atoms with E-state index >= 15 is 0 Å². The highest BCUT2D eigenvalue weighted by Crippen LogP contribution is 2.38. The SMILES string of the molecule is CC12CCCN1N=C(c1ccccc1)C2. The molecule has 1 aromatic rings. The summed E-state index contributed by atoms with van der Waals surface area (Å²) in [5.74, 6) is 0. The van der Waals surface area contributed by atoms with Gasteiger partial charge in [0.05, 0.1) is 11.3 Å². The van der Waals surface area contributed by atoms with Gasteiger partial charge in [0.25, 0.3) is 0 Å². The number of hydrogen-bond donors (Lipinski definition) is 0. The monoisotopic (exact) mass is 200 g/mol. The van der Waals surface area contributed by atoms with Gasteiger partial charge in [0.2, 0.25) is 0 Å². The first-order valence-electron chi connectivity index (χ1n) is 5.68. The Morgan fingerprint density at radius 3 is 2.80 bits per heavy atom. The smallest absolute Gasteiger partial charge is 0.0701 e. The van der Waals surface area contributed by atoms with E-state index in [-0.39, 0.29) is 0 Å². The molecule has 78 valence electrons. The molecule has 1 saturated heterocycles. The molecule has 1 fully saturated rings. The summed E-state index contributed by atoms with van der Waals surface area (Å²) in [6, 6.07) is 10.5. The summed E-state index contributed by atoms with van der Waals surface area (Å²) in [7, 11) is 0. The molecular formula is C13H16N2. The Kier molecular flexibility index (Phi) is 1.84. The molecule has 0 bridgehead atoms. The van der Waals surface area contributed by atoms with Crippen molar-refractivity contribution in [1.82, 2.24) is 5.01 Å². The van der Waals surface area contributed by atoms with Gasteiger partial charge in [-0.3, -0.25) is 5.01 Å². The lowest BCUT2D eigenvalue weighted by Crippen LogP contribution is -2.33. The van der Waals surface area contributed by atoms with Crippen molar-refractivity contribution in [2.75, 3.05) is 6.54 Å². The van der Waals surface area contributed by atoms with Gasteiger partial charge < -0.3 is 0 Å². The number of nitrogens with zero attached hydrogens (tertiary/aromatic N) is 2. The third-order valence-corrected chi connectivity index (χ3v) is 3.61. The molecule has 1 unspecified atom stereocenters. The van der Waals surface area contributed by atoms with Gasteiger partial charge in [0.1, 0.15) is 0 Å². The van der Waals surface area contributed by atoms with Crippen molar-refractivity contribution >= 4 is 5.71 Å². The van der Waals surface area contributed by atoms with E-state index in [1.54, 1.807) is 0 Å². The Morgan fingerprint density at radius 1 is 1.27 bits per heavy atom. The second-order valence-corrected chi connectivity index (χ2v) is 4.81. The van der Waals surface area contributed by atoms with E-state index < -0.39 is 0 Å². The van der Waals surface area contributed by atoms with E-state index in [4.69, 9.17) is 5.10 Å². The predicted molar refractivity (Wildman–Crippen MR) is 61.9 cm³/mol. The summed E-state index contributed by atoms with van der Waals surface area (Å²) in [4.78, 5) is 0. The Labute approximate surface area is 90.6 Å². The first-order valence-corrected chi connectivity index (χ1v) is 5.68. The average molecular weight is 200 g/mol. The van der Waals surface area contributed by atoms with Crippen molar-refractivity contribution in [3.63, 3.8) is 0 Å². The van der Waals surface area contributed by atoms with Crippen LogP contribution in [0.25, 0.3) is 0 Å². The van der Waals surface area contributed by atoms with Crippen molar-refractivity contribution in [2.24, 2.45) is 5.10 Å². The minimum Gasteiger partial charge on any atom is -0.291 e. The molecule has 0 radical (unpaired) electrons. The molecular weight excluding hydrogens is 184 g/mol. The van der Waals surface area contributed by atoms with E-state index in [1.807, 2.05) is 0 Å². The summed E-state index contributed by atoms with van der Waals surface area (Å²) in [6.45, 7) is 3.46. The number of hydrogen-bond acceptors (Lipinski definition) is 2. The standard InChI is InChI=1S/C13H16N2/c1-13-8-5-9-15(13)14-12(10-13)11-6-3-2-4-7-11/h2-4,6-7H,5,8-10H2,1H3. The quantitative estimate of drug-likeness (QED) is 0.680. The molecule has 2 heteroatoms. The fraction of sp³-hybridized carbons (Fsp3) is 0.462. The van der Waals surface area contributed by atoms with Gasteiger partial charge in [-0.2, -0.15) is 5.10 Å². The molecule has 0 amide bonds. The van der Waals surface area contributed by atoms with Crippen molar-refractivity contribution < 1.29 is 0 Å². The Bertz CT molecular complexity index is 396. The Balaban J connectivity index is 1.92. The molecule has 0 aromatic heterocycles. The maximum atomic E-state index is 4.74. The molecule has 0 N–H and O–H groups in total. The lowest BCUT2D eigenvalue weighted by molar-refractivity contribution is 0.194. The summed E-state index contributed by atoms with van der Waals surface area (Å²) in [6.07, 6.45) is 3.69. The van der Waals surface area contributed by atoms with Crippen LogP contribution in [0.4, 0.5) is 0 Å². The molecule has 3 rings (SSSR count). The minimum absolute atomic E-state index is 0.311. The zero-order chi connectivity index (χ0) is 10.3. The van der Waals surface area contributed by atoms with Crippen molar-refractivity contribution in [3.05, 3.63) is 35.9 Å². The summed E-state index contributed by atoms with van der Waals surface area (Å²) in [5, 5.41) is 7.03. The van der Waals surface area contributed by atoms with Crippen LogP contribution in [0.5, 0.6) is 0 Å². The highest BCUT2D eigenvalue weighted by molar-refractivity contribution is 6.02. The summed E-state index contributed by atoms with van der Waals surface area (Å²) in [5.41, 5.74) is 2.86. The molecule has 1 aromatic carbocycles. The van der Waals surface area contributed by atoms with E-state index in [0.717, 1.165) is 13.0 Å². The summed E-state index contributed by atoms with van der Waals surface area (Å²) >= 11 is 0. The van der Waals surface area contributed by atoms with Crippen molar-refractivity contribution in [3.8, 4) is 0 Å². The van der Waals surface area contributed by atoms with Gasteiger partial charge in [-0.1, -0.05) is 30.3 Å². The van der Waals surface area contributed by atoms with Crippen LogP contribution in [-0.4, -0.2) is 22.8 Å². The van der Waals surface area contributed by atoms with Crippen LogP contribution in [0.3, 0.4) is 0 Å². The fourth-order valence-corrected chi connectivity index (χ4v) is 2.69. The number of hydrazone groups is 1. The molecule has 2 aliphatic rings. The Morgan fingerprint density at radius 2 is 2.07 bits per heavy atom. The first-order chi connectivity index (χ1) is 7.28. The van der Waals surface area contributed by atoms with Gasteiger partial charge in [-0.05, 0) is 25.3 Å². The lowest BCUT2D eigenvalue weighted by Gasteiger charge is -2.25. The van der Waals surface area contributed by atoms with E-state index in [1.165, 1.54) is 24.1 Å². The van der Waals surface area contributed by atoms with Crippen LogP contribution in [0, 0.1) is 0 Å². The third-order valence-electron chi connectivity index (χ3n) is 3.61. The zero-order valence-electron chi connectivity index (χ0n) is 9.11. The van der Waals surface area contributed by atoms with E-state index in [9.17, 15) is 0 Å². The first kappa shape index (κ1) is 8.96. The van der Waals surface area contributed by atoms with Gasteiger partial charge in [0.15, 0.2) is 0 Å². The van der Waals surface area contributed by atoms with Crippen LogP contribution in [-0.2, 0) is 0 Å². The van der Waals surface area contributed by atoms with E-state index in [0.29, 0.717) is 5.54 Å². The topological polar surface area (TPSA) is 15.6 Å². The molecule has 0 saturated carbocycles. The highest BCUT2D eigenvalue weighted by atomic mass is 15.5. The van der Waals surface area contributed by atoms with Crippen molar-refractivity contribution in [1.29, 1.82) is 0 Å². The molecule has 1 atom stereocenters. The van der Waals surface area contributed by atoms with Crippen LogP contribution >= 0.6 is 0 Å². The molecule has 2 aliphatic heterocycles. The molecule has 0 aliphatic carbocycles.